The molecule has 1 aliphatic rings. The summed E-state index contributed by atoms with van der Waals surface area (Å²) < 4.78 is 203. The lowest BCUT2D eigenvalue weighted by Crippen LogP contribution is -2.66. The molecule has 150 valence electrons. The maximum absolute atomic E-state index is 13.5. The molecule has 0 unspecified atom stereocenters. The molecular formula is C8F16O. The Balaban J connectivity index is 3.75. The normalized spacial score (nSPS) is 27.4. The van der Waals surface area contributed by atoms with E-state index in [9.17, 15) is 70.2 Å². The third-order valence-electron chi connectivity index (χ3n) is 3.00. The Kier molecular flexibility index (Phi) is 4.17. The van der Waals surface area contributed by atoms with E-state index in [1.54, 1.807) is 0 Å². The molecule has 1 fully saturated rings. The highest BCUT2D eigenvalue weighted by atomic mass is 19.4. The molecule has 0 aromatic carbocycles. The maximum atomic E-state index is 13.5. The van der Waals surface area contributed by atoms with Crippen molar-refractivity contribution in [3.63, 3.8) is 0 Å². The summed E-state index contributed by atoms with van der Waals surface area (Å²) in [4.78, 5) is 0. The predicted octanol–water partition coefficient (Wildman–Crippen LogP) is 5.01. The van der Waals surface area contributed by atoms with Crippen LogP contribution in [0.3, 0.4) is 0 Å². The summed E-state index contributed by atoms with van der Waals surface area (Å²) in [5, 5.41) is 0. The van der Waals surface area contributed by atoms with E-state index in [0.717, 1.165) is 0 Å². The van der Waals surface area contributed by atoms with Gasteiger partial charge in [0.2, 0.25) is 0 Å². The highest BCUT2D eigenvalue weighted by Crippen LogP contribution is 2.71. The van der Waals surface area contributed by atoms with Gasteiger partial charge in [-0.25, -0.2) is 0 Å². The van der Waals surface area contributed by atoms with E-state index >= 15 is 0 Å². The summed E-state index contributed by atoms with van der Waals surface area (Å²) in [6.45, 7) is 0. The van der Waals surface area contributed by atoms with Gasteiger partial charge in [-0.05, 0) is 0 Å². The highest BCUT2D eigenvalue weighted by Gasteiger charge is 3.03. The zero-order chi connectivity index (χ0) is 20.7. The second-order valence-electron chi connectivity index (χ2n) is 4.59. The molecule has 17 heteroatoms. The van der Waals surface area contributed by atoms with Crippen LogP contribution in [0.25, 0.3) is 0 Å². The summed E-state index contributed by atoms with van der Waals surface area (Å²) in [7, 11) is 0. The largest absolute Gasteiger partial charge is 0.458 e. The van der Waals surface area contributed by atoms with E-state index in [4.69, 9.17) is 0 Å². The van der Waals surface area contributed by atoms with Gasteiger partial charge in [-0.15, -0.1) is 0 Å². The fourth-order valence-electron chi connectivity index (χ4n) is 1.59. The summed E-state index contributed by atoms with van der Waals surface area (Å²) >= 11 is 0. The first kappa shape index (κ1) is 21.9. The summed E-state index contributed by atoms with van der Waals surface area (Å²) in [5.74, 6) is -46.0. The molecule has 1 aliphatic carbocycles. The molecule has 1 saturated carbocycles. The van der Waals surface area contributed by atoms with Crippen molar-refractivity contribution in [3.05, 3.63) is 0 Å². The molecule has 0 heterocycles. The monoisotopic (exact) mass is 416 g/mol. The second kappa shape index (κ2) is 4.76. The van der Waals surface area contributed by atoms with Gasteiger partial charge in [0, 0.05) is 0 Å². The average molecular weight is 416 g/mol. The first-order valence-corrected chi connectivity index (χ1v) is 5.18. The van der Waals surface area contributed by atoms with Crippen molar-refractivity contribution in [2.75, 3.05) is 0 Å². The molecule has 0 atom stereocenters. The van der Waals surface area contributed by atoms with Gasteiger partial charge >= 0.3 is 47.8 Å². The SMILES string of the molecule is FC(F)(F)C(F)(OC1(F)C(F)(F)C(F)(F)C(F)(F)C1(F)F)C(F)(F)F. The van der Waals surface area contributed by atoms with Gasteiger partial charge in [0.05, 0.1) is 0 Å². The number of halogens is 16. The molecule has 25 heavy (non-hydrogen) atoms. The number of hydrogen-bond acceptors (Lipinski definition) is 1. The smallest absolute Gasteiger partial charge is 0.284 e. The zero-order valence-corrected chi connectivity index (χ0v) is 10.5. The first-order valence-electron chi connectivity index (χ1n) is 5.18. The summed E-state index contributed by atoms with van der Waals surface area (Å²) in [6.07, 6.45) is -15.3. The number of ether oxygens (including phenoxy) is 1. The second-order valence-corrected chi connectivity index (χ2v) is 4.59. The predicted molar refractivity (Wildman–Crippen MR) is 40.7 cm³/mol. The van der Waals surface area contributed by atoms with Crippen molar-refractivity contribution in [2.45, 2.75) is 47.8 Å². The van der Waals surface area contributed by atoms with Crippen molar-refractivity contribution in [2.24, 2.45) is 0 Å². The minimum absolute atomic E-state index is 1.37. The third-order valence-corrected chi connectivity index (χ3v) is 3.00. The summed E-state index contributed by atoms with van der Waals surface area (Å²) in [6, 6.07) is 0. The Morgan fingerprint density at radius 2 is 0.680 bits per heavy atom. The van der Waals surface area contributed by atoms with Gasteiger partial charge in [0.25, 0.3) is 0 Å². The molecule has 0 bridgehead atoms. The maximum Gasteiger partial charge on any atom is 0.458 e. The fraction of sp³-hybridized carbons (Fsp3) is 1.00. The highest BCUT2D eigenvalue weighted by molar-refractivity contribution is 5.24. The number of rotatable bonds is 2. The van der Waals surface area contributed by atoms with Crippen molar-refractivity contribution < 1.29 is 75.0 Å². The number of alkyl halides is 16. The van der Waals surface area contributed by atoms with Gasteiger partial charge in [-0.2, -0.15) is 70.2 Å². The molecule has 0 spiro atoms. The Hall–Kier alpha value is -1.16. The summed E-state index contributed by atoms with van der Waals surface area (Å²) in [5.41, 5.74) is 0. The topological polar surface area (TPSA) is 9.23 Å². The minimum atomic E-state index is -7.75. The number of hydrogen-bond donors (Lipinski definition) is 0. The minimum Gasteiger partial charge on any atom is -0.284 e. The molecule has 0 amide bonds. The van der Waals surface area contributed by atoms with Crippen LogP contribution < -0.4 is 0 Å². The van der Waals surface area contributed by atoms with Crippen LogP contribution in [0.5, 0.6) is 0 Å². The van der Waals surface area contributed by atoms with Crippen LogP contribution in [-0.4, -0.2) is 47.8 Å². The molecule has 1 nitrogen and oxygen atoms in total. The van der Waals surface area contributed by atoms with Gasteiger partial charge in [0.1, 0.15) is 0 Å². The molecule has 0 saturated heterocycles. The molecule has 0 aromatic heterocycles. The fourth-order valence-corrected chi connectivity index (χ4v) is 1.59. The molecule has 0 N–H and O–H groups in total. The first-order chi connectivity index (χ1) is 10.5. The van der Waals surface area contributed by atoms with E-state index in [0.29, 0.717) is 0 Å². The van der Waals surface area contributed by atoms with Gasteiger partial charge in [-0.3, -0.25) is 4.74 Å². The Morgan fingerprint density at radius 1 is 0.440 bits per heavy atom. The van der Waals surface area contributed by atoms with E-state index in [-0.39, 0.29) is 0 Å². The van der Waals surface area contributed by atoms with Crippen molar-refractivity contribution in [1.82, 2.24) is 0 Å². The van der Waals surface area contributed by atoms with Gasteiger partial charge in [-0.1, -0.05) is 0 Å². The average Bonchev–Trinajstić information content (AvgIpc) is 2.37. The van der Waals surface area contributed by atoms with Crippen LogP contribution in [0.15, 0.2) is 0 Å². The van der Waals surface area contributed by atoms with Gasteiger partial charge < -0.3 is 0 Å². The molecule has 1 rings (SSSR count). The lowest BCUT2D eigenvalue weighted by molar-refractivity contribution is -0.499. The molecule has 0 radical (unpaired) electrons. The van der Waals surface area contributed by atoms with E-state index in [1.807, 2.05) is 0 Å². The lowest BCUT2D eigenvalue weighted by atomic mass is 10.1. The van der Waals surface area contributed by atoms with E-state index in [2.05, 4.69) is 0 Å². The lowest BCUT2D eigenvalue weighted by Gasteiger charge is -2.38. The quantitative estimate of drug-likeness (QED) is 0.575. The Labute approximate surface area is 124 Å². The van der Waals surface area contributed by atoms with Gasteiger partial charge in [0.15, 0.2) is 0 Å². The van der Waals surface area contributed by atoms with Crippen molar-refractivity contribution >= 4 is 0 Å². The molecular weight excluding hydrogens is 416 g/mol. The van der Waals surface area contributed by atoms with Crippen LogP contribution in [0.4, 0.5) is 70.2 Å². The zero-order valence-electron chi connectivity index (χ0n) is 10.5. The van der Waals surface area contributed by atoms with Crippen LogP contribution in [-0.2, 0) is 4.74 Å². The van der Waals surface area contributed by atoms with E-state index < -0.39 is 47.8 Å². The van der Waals surface area contributed by atoms with Crippen LogP contribution in [0.1, 0.15) is 0 Å². The Bertz CT molecular complexity index is 499. The van der Waals surface area contributed by atoms with E-state index in [1.165, 1.54) is 4.74 Å². The van der Waals surface area contributed by atoms with Crippen molar-refractivity contribution in [1.29, 1.82) is 0 Å². The standard InChI is InChI=1S/C8F16O/c9-1(10)2(11,12)4(15,16)5(17,3(1,13)14)25-6(18,7(19,20)21)8(22,23)24. The molecule has 0 aliphatic heterocycles. The van der Waals surface area contributed by atoms with Crippen molar-refractivity contribution in [3.8, 4) is 0 Å². The van der Waals surface area contributed by atoms with Crippen LogP contribution >= 0.6 is 0 Å². The molecule has 0 aromatic rings. The van der Waals surface area contributed by atoms with Crippen LogP contribution in [0, 0.1) is 0 Å². The van der Waals surface area contributed by atoms with Crippen LogP contribution in [0.2, 0.25) is 0 Å². The third kappa shape index (κ3) is 2.16. The Morgan fingerprint density at radius 3 is 0.880 bits per heavy atom.